The molecule has 3 unspecified atom stereocenters. The SMILES string of the molecule is N#Cc1ccc(-c2ccc(-c3nc(-c4cccc5c4-c4c(ccc6ccccc46)C54c5ccccc5OC5C=CC=CC54)c4sc5ccccc5c4n3)c3ccccc23)cc1. The van der Waals surface area contributed by atoms with Crippen LogP contribution in [0.25, 0.3) is 86.7 Å². The number of nitriles is 1. The van der Waals surface area contributed by atoms with Crippen LogP contribution in [0.5, 0.6) is 5.75 Å². The number of hydrogen-bond donors (Lipinski definition) is 0. The number of fused-ring (bicyclic) bond motifs is 15. The molecular weight excluding hydrogens is 763 g/mol. The normalized spacial score (nSPS) is 18.2. The van der Waals surface area contributed by atoms with Crippen LogP contribution in [0.4, 0.5) is 0 Å². The van der Waals surface area contributed by atoms with Gasteiger partial charge in [0.25, 0.3) is 0 Å². The molecule has 10 aromatic rings. The van der Waals surface area contributed by atoms with Crippen molar-refractivity contribution in [3.63, 3.8) is 0 Å². The second-order valence-electron chi connectivity index (χ2n) is 16.2. The lowest BCUT2D eigenvalue weighted by Gasteiger charge is -2.47. The molecule has 0 N–H and O–H groups in total. The monoisotopic (exact) mass is 795 g/mol. The van der Waals surface area contributed by atoms with E-state index >= 15 is 0 Å². The van der Waals surface area contributed by atoms with Crippen molar-refractivity contribution < 1.29 is 4.74 Å². The summed E-state index contributed by atoms with van der Waals surface area (Å²) in [6, 6.07) is 60.6. The van der Waals surface area contributed by atoms with Crippen LogP contribution in [0.2, 0.25) is 0 Å². The molecule has 61 heavy (non-hydrogen) atoms. The van der Waals surface area contributed by atoms with E-state index in [2.05, 4.69) is 170 Å². The molecule has 13 rings (SSSR count). The Kier molecular flexibility index (Phi) is 7.25. The highest BCUT2D eigenvalue weighted by Gasteiger charge is 2.56. The number of nitrogens with zero attached hydrogens (tertiary/aromatic N) is 3. The van der Waals surface area contributed by atoms with Gasteiger partial charge >= 0.3 is 0 Å². The fraction of sp³-hybridized carbons (Fsp3) is 0.0536. The summed E-state index contributed by atoms with van der Waals surface area (Å²) >= 11 is 1.77. The number of rotatable bonds is 3. The van der Waals surface area contributed by atoms with Crippen molar-refractivity contribution in [3.8, 4) is 56.7 Å². The van der Waals surface area contributed by atoms with E-state index in [1.54, 1.807) is 11.3 Å². The molecule has 0 saturated heterocycles. The summed E-state index contributed by atoms with van der Waals surface area (Å²) in [5, 5.41) is 15.2. The quantitative estimate of drug-likeness (QED) is 0.179. The number of aromatic nitrogens is 2. The molecule has 4 nitrogen and oxygen atoms in total. The molecule has 0 saturated carbocycles. The van der Waals surface area contributed by atoms with Crippen LogP contribution in [0.1, 0.15) is 22.3 Å². The van der Waals surface area contributed by atoms with Gasteiger partial charge in [0.05, 0.1) is 33.0 Å². The molecule has 2 aliphatic carbocycles. The Balaban J connectivity index is 1.13. The molecule has 284 valence electrons. The van der Waals surface area contributed by atoms with E-state index in [4.69, 9.17) is 14.7 Å². The average molecular weight is 796 g/mol. The molecular formula is C56H33N3OS. The van der Waals surface area contributed by atoms with Gasteiger partial charge in [0.15, 0.2) is 5.82 Å². The molecule has 5 heteroatoms. The molecule has 0 bridgehead atoms. The third-order valence-corrected chi connectivity index (χ3v) is 14.4. The molecule has 0 amide bonds. The zero-order chi connectivity index (χ0) is 40.2. The highest BCUT2D eigenvalue weighted by molar-refractivity contribution is 7.26. The summed E-state index contributed by atoms with van der Waals surface area (Å²) in [4.78, 5) is 11.2. The molecule has 8 aromatic carbocycles. The van der Waals surface area contributed by atoms with Gasteiger partial charge in [-0.2, -0.15) is 5.26 Å². The van der Waals surface area contributed by atoms with Crippen LogP contribution in [-0.2, 0) is 5.41 Å². The topological polar surface area (TPSA) is 58.8 Å². The Morgan fingerprint density at radius 2 is 1.26 bits per heavy atom. The third-order valence-electron chi connectivity index (χ3n) is 13.2. The van der Waals surface area contributed by atoms with Gasteiger partial charge in [-0.3, -0.25) is 0 Å². The Morgan fingerprint density at radius 3 is 2.13 bits per heavy atom. The lowest BCUT2D eigenvalue weighted by atomic mass is 9.60. The van der Waals surface area contributed by atoms with Gasteiger partial charge in [-0.05, 0) is 91.3 Å². The molecule has 0 radical (unpaired) electrons. The number of hydrogen-bond acceptors (Lipinski definition) is 5. The molecule has 1 spiro atoms. The Labute approximate surface area is 356 Å². The zero-order valence-corrected chi connectivity index (χ0v) is 33.5. The first-order valence-corrected chi connectivity index (χ1v) is 21.5. The summed E-state index contributed by atoms with van der Waals surface area (Å²) in [5.41, 5.74) is 12.5. The Morgan fingerprint density at radius 1 is 0.557 bits per heavy atom. The Hall–Kier alpha value is -7.65. The molecule has 3 aliphatic rings. The van der Waals surface area contributed by atoms with E-state index in [0.29, 0.717) is 11.4 Å². The second-order valence-corrected chi connectivity index (χ2v) is 17.2. The number of thiophene rings is 1. The van der Waals surface area contributed by atoms with E-state index in [0.717, 1.165) is 60.1 Å². The lowest BCUT2D eigenvalue weighted by Crippen LogP contribution is -2.47. The molecule has 0 fully saturated rings. The fourth-order valence-corrected chi connectivity index (χ4v) is 11.8. The third kappa shape index (κ3) is 4.74. The highest BCUT2D eigenvalue weighted by atomic mass is 32.1. The first-order valence-electron chi connectivity index (χ1n) is 20.7. The van der Waals surface area contributed by atoms with Crippen molar-refractivity contribution in [2.75, 3.05) is 0 Å². The predicted molar refractivity (Wildman–Crippen MR) is 249 cm³/mol. The van der Waals surface area contributed by atoms with E-state index in [1.807, 2.05) is 24.3 Å². The largest absolute Gasteiger partial charge is 0.485 e. The van der Waals surface area contributed by atoms with Crippen LogP contribution in [-0.4, -0.2) is 16.1 Å². The van der Waals surface area contributed by atoms with E-state index in [-0.39, 0.29) is 12.0 Å². The van der Waals surface area contributed by atoms with Crippen LogP contribution in [0.15, 0.2) is 188 Å². The van der Waals surface area contributed by atoms with Gasteiger partial charge < -0.3 is 4.74 Å². The van der Waals surface area contributed by atoms with Gasteiger partial charge in [-0.25, -0.2) is 9.97 Å². The van der Waals surface area contributed by atoms with Crippen molar-refractivity contribution in [2.45, 2.75) is 11.5 Å². The number of ether oxygens (including phenoxy) is 1. The van der Waals surface area contributed by atoms with Crippen LogP contribution in [0, 0.1) is 17.2 Å². The predicted octanol–water partition coefficient (Wildman–Crippen LogP) is 13.8. The molecule has 1 aliphatic heterocycles. The van der Waals surface area contributed by atoms with Crippen molar-refractivity contribution in [1.82, 2.24) is 9.97 Å². The van der Waals surface area contributed by atoms with E-state index in [9.17, 15) is 5.26 Å². The van der Waals surface area contributed by atoms with E-state index < -0.39 is 5.41 Å². The van der Waals surface area contributed by atoms with E-state index in [1.165, 1.54) is 43.3 Å². The van der Waals surface area contributed by atoms with Gasteiger partial charge in [-0.15, -0.1) is 11.3 Å². The summed E-state index contributed by atoms with van der Waals surface area (Å²) in [6.07, 6.45) is 8.77. The molecule has 2 aromatic heterocycles. The van der Waals surface area contributed by atoms with Gasteiger partial charge in [0.2, 0.25) is 0 Å². The van der Waals surface area contributed by atoms with Crippen molar-refractivity contribution in [3.05, 3.63) is 210 Å². The fourth-order valence-electron chi connectivity index (χ4n) is 10.7. The molecule has 3 atom stereocenters. The first-order chi connectivity index (χ1) is 30.2. The van der Waals surface area contributed by atoms with Gasteiger partial charge in [0, 0.05) is 32.7 Å². The van der Waals surface area contributed by atoms with Gasteiger partial charge in [-0.1, -0.05) is 152 Å². The van der Waals surface area contributed by atoms with Gasteiger partial charge in [0.1, 0.15) is 11.9 Å². The number of para-hydroxylation sites is 1. The van der Waals surface area contributed by atoms with Crippen LogP contribution in [0.3, 0.4) is 0 Å². The maximum atomic E-state index is 9.49. The van der Waals surface area contributed by atoms with Crippen molar-refractivity contribution >= 4 is 53.2 Å². The van der Waals surface area contributed by atoms with Crippen molar-refractivity contribution in [2.24, 2.45) is 5.92 Å². The Bertz CT molecular complexity index is 3610. The summed E-state index contributed by atoms with van der Waals surface area (Å²) in [5.74, 6) is 1.64. The maximum absolute atomic E-state index is 9.49. The standard InChI is InChI=1S/C56H33N3OS/c57-32-33-24-26-35(27-25-33)36-29-30-40(39-15-4-3-14-38(36)39)55-58-52-41-16-5-10-23-49(41)61-54(52)53(59-55)42-17-11-20-45-51(42)50-37-13-2-1-12-34(37)28-31-46(50)56(45)43-18-6-8-21-47(43)60-48-22-9-7-19-44(48)56/h1-31,43,47H. The highest BCUT2D eigenvalue weighted by Crippen LogP contribution is 2.64. The smallest absolute Gasteiger partial charge is 0.161 e. The minimum absolute atomic E-state index is 0.0232. The van der Waals surface area contributed by atoms with Crippen LogP contribution >= 0.6 is 11.3 Å². The average Bonchev–Trinajstić information content (AvgIpc) is 3.85. The maximum Gasteiger partial charge on any atom is 0.161 e. The summed E-state index contributed by atoms with van der Waals surface area (Å²) in [6.45, 7) is 0. The minimum atomic E-state index is -0.516. The second kappa shape index (κ2) is 12.9. The first kappa shape index (κ1) is 34.2. The summed E-state index contributed by atoms with van der Waals surface area (Å²) in [7, 11) is 0. The van der Waals surface area contributed by atoms with Crippen molar-refractivity contribution in [1.29, 1.82) is 5.26 Å². The number of allylic oxidation sites excluding steroid dienone is 2. The number of benzene rings is 8. The minimum Gasteiger partial charge on any atom is -0.485 e. The van der Waals surface area contributed by atoms with Crippen LogP contribution < -0.4 is 4.74 Å². The lowest BCUT2D eigenvalue weighted by molar-refractivity contribution is 0.141. The zero-order valence-electron chi connectivity index (χ0n) is 32.7. The molecule has 3 heterocycles. The summed E-state index contributed by atoms with van der Waals surface area (Å²) < 4.78 is 9.08.